The van der Waals surface area contributed by atoms with Gasteiger partial charge in [-0.1, -0.05) is 30.3 Å². The number of hydrogen-bond donors (Lipinski definition) is 2. The van der Waals surface area contributed by atoms with E-state index in [4.69, 9.17) is 5.73 Å². The van der Waals surface area contributed by atoms with Gasteiger partial charge < -0.3 is 11.1 Å². The third-order valence-electron chi connectivity index (χ3n) is 4.70. The van der Waals surface area contributed by atoms with Crippen LogP contribution >= 0.6 is 24.0 Å². The van der Waals surface area contributed by atoms with Crippen molar-refractivity contribution in [3.05, 3.63) is 53.3 Å². The molecule has 3 rings (SSSR count). The van der Waals surface area contributed by atoms with E-state index in [0.717, 1.165) is 43.9 Å². The van der Waals surface area contributed by atoms with Gasteiger partial charge >= 0.3 is 0 Å². The highest BCUT2D eigenvalue weighted by molar-refractivity contribution is 14.0. The van der Waals surface area contributed by atoms with Crippen LogP contribution in [0.15, 0.2) is 41.4 Å². The number of piperidine rings is 1. The molecule has 3 N–H and O–H groups in total. The van der Waals surface area contributed by atoms with Gasteiger partial charge in [0.25, 0.3) is 0 Å². The largest absolute Gasteiger partial charge is 0.370 e. The van der Waals surface area contributed by atoms with Gasteiger partial charge in [0, 0.05) is 32.7 Å². The van der Waals surface area contributed by atoms with Crippen LogP contribution in [-0.4, -0.2) is 39.8 Å². The number of benzene rings is 1. The van der Waals surface area contributed by atoms with Crippen LogP contribution in [0.5, 0.6) is 0 Å². The molecule has 0 radical (unpaired) electrons. The van der Waals surface area contributed by atoms with Crippen LogP contribution < -0.4 is 11.1 Å². The van der Waals surface area contributed by atoms with Crippen molar-refractivity contribution >= 4 is 29.9 Å². The Kier molecular flexibility index (Phi) is 7.89. The number of nitrogens with one attached hydrogen (secondary N) is 1. The van der Waals surface area contributed by atoms with Crippen molar-refractivity contribution in [1.82, 2.24) is 20.0 Å². The fourth-order valence-corrected chi connectivity index (χ4v) is 3.31. The third kappa shape index (κ3) is 5.98. The SMILES string of the molecule is Cc1cc(CN=C(N)NC2CCN(Cc3ccccc3)CC2)n(C)n1.I. The first kappa shape index (κ1) is 20.7. The van der Waals surface area contributed by atoms with Gasteiger partial charge in [-0.25, -0.2) is 4.99 Å². The second-order valence-corrected chi connectivity index (χ2v) is 6.78. The highest BCUT2D eigenvalue weighted by Gasteiger charge is 2.19. The van der Waals surface area contributed by atoms with Crippen molar-refractivity contribution in [3.8, 4) is 0 Å². The lowest BCUT2D eigenvalue weighted by atomic mass is 10.0. The van der Waals surface area contributed by atoms with Crippen molar-refractivity contribution in [2.24, 2.45) is 17.8 Å². The molecule has 1 saturated heterocycles. The molecule has 0 unspecified atom stereocenters. The number of nitrogens with two attached hydrogens (primary N) is 1. The molecule has 1 aliphatic rings. The molecule has 26 heavy (non-hydrogen) atoms. The van der Waals surface area contributed by atoms with Gasteiger partial charge in [0.2, 0.25) is 0 Å². The summed E-state index contributed by atoms with van der Waals surface area (Å²) in [7, 11) is 1.93. The first-order valence-electron chi connectivity index (χ1n) is 8.92. The van der Waals surface area contributed by atoms with Crippen molar-refractivity contribution in [1.29, 1.82) is 0 Å². The lowest BCUT2D eigenvalue weighted by Gasteiger charge is -2.32. The monoisotopic (exact) mass is 468 g/mol. The molecule has 0 spiro atoms. The molecule has 2 aromatic rings. The summed E-state index contributed by atoms with van der Waals surface area (Å²) in [5, 5.41) is 7.70. The van der Waals surface area contributed by atoms with E-state index < -0.39 is 0 Å². The number of guanidine groups is 1. The number of aliphatic imine (C=N–C) groups is 1. The van der Waals surface area contributed by atoms with E-state index in [-0.39, 0.29) is 24.0 Å². The van der Waals surface area contributed by atoms with E-state index >= 15 is 0 Å². The Morgan fingerprint density at radius 1 is 1.27 bits per heavy atom. The van der Waals surface area contributed by atoms with Crippen molar-refractivity contribution < 1.29 is 0 Å². The maximum Gasteiger partial charge on any atom is 0.189 e. The summed E-state index contributed by atoms with van der Waals surface area (Å²) in [5.74, 6) is 0.528. The Bertz CT molecular complexity index is 704. The zero-order valence-electron chi connectivity index (χ0n) is 15.6. The predicted molar refractivity (Wildman–Crippen MR) is 117 cm³/mol. The van der Waals surface area contributed by atoms with E-state index in [1.165, 1.54) is 5.56 Å². The summed E-state index contributed by atoms with van der Waals surface area (Å²) in [6.07, 6.45) is 2.18. The van der Waals surface area contributed by atoms with Crippen molar-refractivity contribution in [3.63, 3.8) is 0 Å². The summed E-state index contributed by atoms with van der Waals surface area (Å²) in [6, 6.07) is 13.1. The molecule has 1 fully saturated rings. The molecule has 0 bridgehead atoms. The molecular formula is C19H29IN6. The fraction of sp³-hybridized carbons (Fsp3) is 0.474. The van der Waals surface area contributed by atoms with Crippen molar-refractivity contribution in [2.45, 2.75) is 38.9 Å². The fourth-order valence-electron chi connectivity index (χ4n) is 3.31. The minimum Gasteiger partial charge on any atom is -0.370 e. The normalized spacial score (nSPS) is 16.3. The van der Waals surface area contributed by atoms with Gasteiger partial charge in [-0.2, -0.15) is 5.10 Å². The molecule has 142 valence electrons. The second kappa shape index (κ2) is 9.91. The second-order valence-electron chi connectivity index (χ2n) is 6.78. The Balaban J connectivity index is 0.00000243. The molecule has 0 amide bonds. The number of hydrogen-bond acceptors (Lipinski definition) is 3. The Hall–Kier alpha value is -1.61. The van der Waals surface area contributed by atoms with Crippen LogP contribution in [0.1, 0.15) is 29.8 Å². The minimum absolute atomic E-state index is 0. The van der Waals surface area contributed by atoms with E-state index in [9.17, 15) is 0 Å². The van der Waals surface area contributed by atoms with Crippen LogP contribution in [-0.2, 0) is 20.1 Å². The highest BCUT2D eigenvalue weighted by Crippen LogP contribution is 2.13. The van der Waals surface area contributed by atoms with Gasteiger partial charge in [-0.15, -0.1) is 24.0 Å². The van der Waals surface area contributed by atoms with Crippen LogP contribution in [0.4, 0.5) is 0 Å². The molecule has 1 aromatic carbocycles. The van der Waals surface area contributed by atoms with E-state index in [2.05, 4.69) is 50.6 Å². The molecule has 2 heterocycles. The maximum atomic E-state index is 6.06. The molecule has 0 atom stereocenters. The van der Waals surface area contributed by atoms with Crippen LogP contribution in [0.2, 0.25) is 0 Å². The summed E-state index contributed by atoms with van der Waals surface area (Å²) < 4.78 is 1.86. The van der Waals surface area contributed by atoms with Crippen molar-refractivity contribution in [2.75, 3.05) is 13.1 Å². The van der Waals surface area contributed by atoms with E-state index in [0.29, 0.717) is 18.5 Å². The lowest BCUT2D eigenvalue weighted by Crippen LogP contribution is -2.46. The number of rotatable bonds is 5. The van der Waals surface area contributed by atoms with Crippen LogP contribution in [0, 0.1) is 6.92 Å². The predicted octanol–water partition coefficient (Wildman–Crippen LogP) is 2.42. The number of halogens is 1. The summed E-state index contributed by atoms with van der Waals surface area (Å²) in [5.41, 5.74) is 9.51. The van der Waals surface area contributed by atoms with Gasteiger partial charge in [0.1, 0.15) is 0 Å². The van der Waals surface area contributed by atoms with Gasteiger partial charge in [0.15, 0.2) is 5.96 Å². The first-order valence-corrected chi connectivity index (χ1v) is 8.92. The smallest absolute Gasteiger partial charge is 0.189 e. The average molecular weight is 468 g/mol. The average Bonchev–Trinajstić information content (AvgIpc) is 2.93. The molecule has 0 saturated carbocycles. The van der Waals surface area contributed by atoms with Gasteiger partial charge in [-0.3, -0.25) is 9.58 Å². The summed E-state index contributed by atoms with van der Waals surface area (Å²) in [6.45, 7) is 5.74. The third-order valence-corrected chi connectivity index (χ3v) is 4.70. The van der Waals surface area contributed by atoms with Gasteiger partial charge in [0.05, 0.1) is 17.9 Å². The van der Waals surface area contributed by atoms with E-state index in [1.54, 1.807) is 0 Å². The van der Waals surface area contributed by atoms with Gasteiger partial charge in [-0.05, 0) is 31.4 Å². The maximum absolute atomic E-state index is 6.06. The number of aryl methyl sites for hydroxylation is 2. The summed E-state index contributed by atoms with van der Waals surface area (Å²) in [4.78, 5) is 6.96. The first-order chi connectivity index (χ1) is 12.1. The van der Waals surface area contributed by atoms with E-state index in [1.807, 2.05) is 24.7 Å². The molecule has 0 aliphatic carbocycles. The number of aromatic nitrogens is 2. The molecule has 1 aromatic heterocycles. The Morgan fingerprint density at radius 2 is 1.96 bits per heavy atom. The lowest BCUT2D eigenvalue weighted by molar-refractivity contribution is 0.199. The number of nitrogens with zero attached hydrogens (tertiary/aromatic N) is 4. The van der Waals surface area contributed by atoms with Crippen LogP contribution in [0.25, 0.3) is 0 Å². The molecule has 1 aliphatic heterocycles. The minimum atomic E-state index is 0. The standard InChI is InChI=1S/C19H28N6.HI/c1-15-12-18(24(2)23-15)13-21-19(20)22-17-8-10-25(11-9-17)14-16-6-4-3-5-7-16;/h3-7,12,17H,8-11,13-14H2,1-2H3,(H3,20,21,22);1H. The topological polar surface area (TPSA) is 71.5 Å². The Morgan fingerprint density at radius 3 is 2.58 bits per heavy atom. The zero-order chi connectivity index (χ0) is 17.6. The quantitative estimate of drug-likeness (QED) is 0.402. The van der Waals surface area contributed by atoms with Crippen LogP contribution in [0.3, 0.4) is 0 Å². The summed E-state index contributed by atoms with van der Waals surface area (Å²) >= 11 is 0. The molecular weight excluding hydrogens is 439 g/mol. The number of likely N-dealkylation sites (tertiary alicyclic amines) is 1. The zero-order valence-corrected chi connectivity index (χ0v) is 17.9. The Labute approximate surface area is 172 Å². The molecule has 6 nitrogen and oxygen atoms in total. The highest BCUT2D eigenvalue weighted by atomic mass is 127. The molecule has 7 heteroatoms.